The molecule has 18 nitrogen and oxygen atoms in total. The zero-order chi connectivity index (χ0) is 48.3. The summed E-state index contributed by atoms with van der Waals surface area (Å²) in [5.41, 5.74) is 3.56. The van der Waals surface area contributed by atoms with Crippen LogP contribution in [0, 0.1) is 40.8 Å². The van der Waals surface area contributed by atoms with Crippen LogP contribution >= 0.6 is 0 Å². The van der Waals surface area contributed by atoms with Crippen molar-refractivity contribution >= 4 is 53.2 Å². The summed E-state index contributed by atoms with van der Waals surface area (Å²) < 4.78 is 86.8. The topological polar surface area (TPSA) is 284 Å². The summed E-state index contributed by atoms with van der Waals surface area (Å²) in [6.07, 6.45) is -1.73. The van der Waals surface area contributed by atoms with E-state index < -0.39 is 157 Å². The zero-order valence-corrected chi connectivity index (χ0v) is 34.9. The molecule has 0 spiro atoms. The molecule has 8 amide bonds. The number of halogens is 6. The Hall–Kier alpha value is -6.75. The van der Waals surface area contributed by atoms with Gasteiger partial charge in [0.1, 0.15) is 30.0 Å². The van der Waals surface area contributed by atoms with Crippen molar-refractivity contribution in [1.82, 2.24) is 37.2 Å². The Morgan fingerprint density at radius 1 is 0.594 bits per heavy atom. The molecule has 2 aromatic rings. The Labute approximate surface area is 362 Å². The Morgan fingerprint density at radius 3 is 1.64 bits per heavy atom. The van der Waals surface area contributed by atoms with Crippen molar-refractivity contribution in [3.05, 3.63) is 70.3 Å². The van der Waals surface area contributed by atoms with E-state index in [1.54, 1.807) is 13.8 Å². The largest absolute Gasteiger partial charge is 0.481 e. The number of nitrogens with two attached hydrogens (primary N) is 1. The summed E-state index contributed by atoms with van der Waals surface area (Å²) in [6.45, 7) is 2.56. The van der Waals surface area contributed by atoms with Crippen LogP contribution in [-0.4, -0.2) is 102 Å². The third-order valence-electron chi connectivity index (χ3n) is 9.11. The molecule has 0 aliphatic rings. The van der Waals surface area contributed by atoms with E-state index in [0.717, 1.165) is 6.07 Å². The van der Waals surface area contributed by atoms with Crippen molar-refractivity contribution in [2.45, 2.75) is 96.3 Å². The van der Waals surface area contributed by atoms with Gasteiger partial charge in [0.2, 0.25) is 53.1 Å². The number of hydrogen-bond acceptors (Lipinski definition) is 9. The molecule has 10 N–H and O–H groups in total. The van der Waals surface area contributed by atoms with Gasteiger partial charge in [-0.3, -0.25) is 43.2 Å². The van der Waals surface area contributed by atoms with E-state index in [2.05, 4.69) is 26.6 Å². The van der Waals surface area contributed by atoms with Crippen LogP contribution < -0.4 is 43.0 Å². The fraction of sp³-hybridized carbons (Fsp3) is 0.475. The molecule has 0 aliphatic carbocycles. The van der Waals surface area contributed by atoms with Gasteiger partial charge in [0.05, 0.1) is 19.6 Å². The second kappa shape index (κ2) is 26.0. The van der Waals surface area contributed by atoms with E-state index in [-0.39, 0.29) is 30.7 Å². The standard InChI is InChI=1S/C40H50F6N8O10/c1-4-5-10-27(55)51-23(11-12-31(59)60)38(62)49-16-28(56)48-17-29(57)53-26(15-21-32(42)34(44)36(46)35(45)33(21)43)40(64)54-25(14-20-8-6-7-9-22(20)41)39(63)50-18-30(58)52-24(37(47)61)13-19(2)3/h6-9,19,23-26H,4-5,10-18H2,1-3H3,(H2,47,61)(H,48,56)(H,49,62)(H,50,63)(H,51,55)(H,52,58)(H,53,57)(H,54,64)(H,59,60)/t23-,24-,25?,26-/m0/s1. The van der Waals surface area contributed by atoms with Crippen LogP contribution in [0.5, 0.6) is 0 Å². The smallest absolute Gasteiger partial charge is 0.303 e. The van der Waals surface area contributed by atoms with E-state index in [4.69, 9.17) is 10.8 Å². The highest BCUT2D eigenvalue weighted by molar-refractivity contribution is 5.96. The Bertz CT molecular complexity index is 2030. The normalized spacial score (nSPS) is 12.8. The third-order valence-corrected chi connectivity index (χ3v) is 9.11. The Morgan fingerprint density at radius 2 is 1.09 bits per heavy atom. The number of rotatable bonds is 26. The molecular weight excluding hydrogens is 866 g/mol. The van der Waals surface area contributed by atoms with Crippen LogP contribution in [0.1, 0.15) is 70.4 Å². The molecule has 1 unspecified atom stereocenters. The summed E-state index contributed by atoms with van der Waals surface area (Å²) in [4.78, 5) is 113. The maximum atomic E-state index is 14.9. The predicted molar refractivity (Wildman–Crippen MR) is 212 cm³/mol. The summed E-state index contributed by atoms with van der Waals surface area (Å²) in [5, 5.41) is 24.1. The molecule has 0 saturated heterocycles. The fourth-order valence-corrected chi connectivity index (χ4v) is 5.78. The van der Waals surface area contributed by atoms with E-state index in [0.29, 0.717) is 12.8 Å². The van der Waals surface area contributed by atoms with E-state index in [1.165, 1.54) is 18.2 Å². The summed E-state index contributed by atoms with van der Waals surface area (Å²) in [6, 6.07) is -1.80. The first kappa shape index (κ1) is 53.4. The molecule has 0 bridgehead atoms. The number of unbranched alkanes of at least 4 members (excludes halogenated alkanes) is 1. The van der Waals surface area contributed by atoms with Crippen LogP contribution in [-0.2, 0) is 56.0 Å². The van der Waals surface area contributed by atoms with Crippen molar-refractivity contribution in [3.63, 3.8) is 0 Å². The summed E-state index contributed by atoms with van der Waals surface area (Å²) in [7, 11) is 0. The molecule has 0 fully saturated rings. The highest BCUT2D eigenvalue weighted by Crippen LogP contribution is 2.24. The minimum absolute atomic E-state index is 0.0309. The summed E-state index contributed by atoms with van der Waals surface area (Å²) >= 11 is 0. The molecule has 0 heterocycles. The lowest BCUT2D eigenvalue weighted by Gasteiger charge is -2.24. The number of carboxylic acids is 1. The second-order valence-electron chi connectivity index (χ2n) is 14.7. The number of carbonyl (C=O) groups excluding carboxylic acids is 8. The van der Waals surface area contributed by atoms with Gasteiger partial charge in [-0.05, 0) is 36.8 Å². The maximum Gasteiger partial charge on any atom is 0.303 e. The molecule has 352 valence electrons. The van der Waals surface area contributed by atoms with Crippen LogP contribution in [0.15, 0.2) is 24.3 Å². The van der Waals surface area contributed by atoms with Crippen molar-refractivity contribution in [2.24, 2.45) is 11.7 Å². The Balaban J connectivity index is 2.33. The van der Waals surface area contributed by atoms with Gasteiger partial charge in [-0.1, -0.05) is 45.4 Å². The molecule has 0 radical (unpaired) electrons. The van der Waals surface area contributed by atoms with Crippen molar-refractivity contribution < 1.29 is 74.6 Å². The SMILES string of the molecule is CCCCC(=O)N[C@@H](CCC(=O)O)C(=O)NCC(=O)NCC(=O)N[C@@H](Cc1c(F)c(F)c(F)c(F)c1F)C(=O)NC(Cc1ccccc1F)C(=O)NCC(=O)N[C@@H](CC(C)C)C(N)=O. The van der Waals surface area contributed by atoms with Crippen molar-refractivity contribution in [2.75, 3.05) is 19.6 Å². The monoisotopic (exact) mass is 916 g/mol. The number of carbonyl (C=O) groups is 9. The summed E-state index contributed by atoms with van der Waals surface area (Å²) in [5.74, 6) is -22.8. The first-order valence-corrected chi connectivity index (χ1v) is 19.8. The van der Waals surface area contributed by atoms with Gasteiger partial charge >= 0.3 is 5.97 Å². The van der Waals surface area contributed by atoms with Gasteiger partial charge in [0, 0.05) is 31.2 Å². The van der Waals surface area contributed by atoms with Gasteiger partial charge in [-0.15, -0.1) is 0 Å². The maximum absolute atomic E-state index is 14.9. The van der Waals surface area contributed by atoms with Gasteiger partial charge < -0.3 is 48.1 Å². The molecule has 64 heavy (non-hydrogen) atoms. The molecule has 0 aliphatic heterocycles. The number of nitrogens with one attached hydrogen (secondary N) is 7. The van der Waals surface area contributed by atoms with Crippen LogP contribution in [0.4, 0.5) is 26.3 Å². The van der Waals surface area contributed by atoms with Crippen LogP contribution in [0.2, 0.25) is 0 Å². The number of aliphatic carboxylic acids is 1. The number of hydrogen-bond donors (Lipinski definition) is 9. The molecule has 2 rings (SSSR count). The minimum atomic E-state index is -2.54. The van der Waals surface area contributed by atoms with Gasteiger partial charge in [-0.2, -0.15) is 0 Å². The first-order valence-electron chi connectivity index (χ1n) is 19.8. The molecule has 24 heteroatoms. The van der Waals surface area contributed by atoms with E-state index in [1.807, 2.05) is 17.6 Å². The zero-order valence-electron chi connectivity index (χ0n) is 34.9. The first-order chi connectivity index (χ1) is 30.0. The molecule has 0 aromatic heterocycles. The number of benzene rings is 2. The highest BCUT2D eigenvalue weighted by Gasteiger charge is 2.33. The van der Waals surface area contributed by atoms with Gasteiger partial charge in [0.25, 0.3) is 0 Å². The second-order valence-corrected chi connectivity index (χ2v) is 14.7. The number of carboxylic acid groups (broad SMARTS) is 1. The Kier molecular flexibility index (Phi) is 21.7. The molecule has 4 atom stereocenters. The van der Waals surface area contributed by atoms with Crippen molar-refractivity contribution in [3.8, 4) is 0 Å². The van der Waals surface area contributed by atoms with E-state index in [9.17, 15) is 69.5 Å². The van der Waals surface area contributed by atoms with E-state index >= 15 is 0 Å². The predicted octanol–water partition coefficient (Wildman–Crippen LogP) is 0.181. The minimum Gasteiger partial charge on any atom is -0.481 e. The highest BCUT2D eigenvalue weighted by atomic mass is 19.2. The molecule has 0 saturated carbocycles. The van der Waals surface area contributed by atoms with Gasteiger partial charge in [0.15, 0.2) is 23.3 Å². The molecule has 2 aromatic carbocycles. The molecular formula is C40H50F6N8O10. The number of primary amides is 1. The lowest BCUT2D eigenvalue weighted by atomic mass is 10.0. The van der Waals surface area contributed by atoms with Gasteiger partial charge in [-0.25, -0.2) is 26.3 Å². The van der Waals surface area contributed by atoms with Crippen molar-refractivity contribution in [1.29, 1.82) is 0 Å². The quantitative estimate of drug-likeness (QED) is 0.0351. The average Bonchev–Trinajstić information content (AvgIpc) is 3.24. The lowest BCUT2D eigenvalue weighted by molar-refractivity contribution is -0.138. The fourth-order valence-electron chi connectivity index (χ4n) is 5.78. The average molecular weight is 917 g/mol. The lowest BCUT2D eigenvalue weighted by Crippen LogP contribution is -2.57. The van der Waals surface area contributed by atoms with Crippen LogP contribution in [0.25, 0.3) is 0 Å². The number of amides is 8. The third kappa shape index (κ3) is 17.6. The van der Waals surface area contributed by atoms with Crippen LogP contribution in [0.3, 0.4) is 0 Å².